The van der Waals surface area contributed by atoms with Crippen LogP contribution in [0.4, 0.5) is 23.2 Å². The van der Waals surface area contributed by atoms with Gasteiger partial charge in [0.1, 0.15) is 11.3 Å². The number of nitrogens with zero attached hydrogens (tertiary/aromatic N) is 2. The van der Waals surface area contributed by atoms with Crippen molar-refractivity contribution in [2.45, 2.75) is 63.3 Å². The number of carbonyl (C=O) groups is 3. The standard InChI is InChI=1S/C32H32F4N2O7S/c1-18-27(33)29(35)31(30(36)28(18)34)46(43,44)37(3)17-26(40)38(23-13-14-24(32(41)42)25(15-23)45-19(2)39)16-20-9-11-22(12-10-20)21-7-5-4-6-8-21/h9-15,21H,4-8,16-17H2,1-3H3,(H,41,42). The Morgan fingerprint density at radius 3 is 2.04 bits per heavy atom. The van der Waals surface area contributed by atoms with Gasteiger partial charge in [-0.25, -0.2) is 30.8 Å². The summed E-state index contributed by atoms with van der Waals surface area (Å²) in [6, 6.07) is 10.9. The summed E-state index contributed by atoms with van der Waals surface area (Å²) in [6.45, 7) is 0.547. The lowest BCUT2D eigenvalue weighted by Crippen LogP contribution is -2.41. The maximum Gasteiger partial charge on any atom is 0.339 e. The molecule has 0 saturated heterocycles. The molecule has 0 aromatic heterocycles. The van der Waals surface area contributed by atoms with Crippen molar-refractivity contribution in [3.63, 3.8) is 0 Å². The van der Waals surface area contributed by atoms with Gasteiger partial charge in [0, 0.05) is 31.3 Å². The summed E-state index contributed by atoms with van der Waals surface area (Å²) in [4.78, 5) is 36.3. The molecule has 0 aliphatic heterocycles. The molecule has 3 aromatic carbocycles. The third-order valence-electron chi connectivity index (χ3n) is 7.93. The Morgan fingerprint density at radius 1 is 0.913 bits per heavy atom. The van der Waals surface area contributed by atoms with Crippen LogP contribution >= 0.6 is 0 Å². The van der Waals surface area contributed by atoms with Crippen molar-refractivity contribution < 1.29 is 50.2 Å². The number of rotatable bonds is 10. The molecule has 1 N–H and O–H groups in total. The van der Waals surface area contributed by atoms with Gasteiger partial charge < -0.3 is 14.7 Å². The van der Waals surface area contributed by atoms with E-state index in [2.05, 4.69) is 0 Å². The normalized spacial score (nSPS) is 13.9. The molecule has 246 valence electrons. The summed E-state index contributed by atoms with van der Waals surface area (Å²) < 4.78 is 89.3. The minimum Gasteiger partial charge on any atom is -0.478 e. The maximum atomic E-state index is 14.7. The molecule has 0 spiro atoms. The smallest absolute Gasteiger partial charge is 0.339 e. The molecular weight excluding hydrogens is 632 g/mol. The number of sulfonamides is 1. The van der Waals surface area contributed by atoms with Crippen molar-refractivity contribution in [3.05, 3.63) is 88.0 Å². The quantitative estimate of drug-likeness (QED) is 0.121. The van der Waals surface area contributed by atoms with Crippen LogP contribution in [-0.4, -0.2) is 49.3 Å². The van der Waals surface area contributed by atoms with Gasteiger partial charge in [0.05, 0.1) is 13.1 Å². The van der Waals surface area contributed by atoms with E-state index in [4.69, 9.17) is 4.74 Å². The van der Waals surface area contributed by atoms with Crippen LogP contribution in [0.15, 0.2) is 47.4 Å². The molecule has 1 aliphatic rings. The summed E-state index contributed by atoms with van der Waals surface area (Å²) >= 11 is 0. The van der Waals surface area contributed by atoms with Crippen LogP contribution in [-0.2, 0) is 26.2 Å². The summed E-state index contributed by atoms with van der Waals surface area (Å²) in [5.41, 5.74) is 0.267. The average molecular weight is 665 g/mol. The number of halogens is 4. The van der Waals surface area contributed by atoms with Gasteiger partial charge in [-0.2, -0.15) is 4.31 Å². The van der Waals surface area contributed by atoms with E-state index in [9.17, 15) is 45.5 Å². The number of amides is 1. The third-order valence-corrected chi connectivity index (χ3v) is 9.75. The first kappa shape index (κ1) is 34.6. The van der Waals surface area contributed by atoms with E-state index in [1.165, 1.54) is 12.5 Å². The van der Waals surface area contributed by atoms with Crippen LogP contribution in [0.3, 0.4) is 0 Å². The predicted molar refractivity (Wildman–Crippen MR) is 159 cm³/mol. The molecule has 1 saturated carbocycles. The Labute approximate surface area is 263 Å². The van der Waals surface area contributed by atoms with E-state index in [0.717, 1.165) is 69.2 Å². The van der Waals surface area contributed by atoms with E-state index in [1.54, 1.807) is 12.1 Å². The first-order chi connectivity index (χ1) is 21.6. The molecule has 3 aromatic rings. The van der Waals surface area contributed by atoms with Crippen LogP contribution in [0.25, 0.3) is 0 Å². The van der Waals surface area contributed by atoms with Gasteiger partial charge in [-0.3, -0.25) is 9.59 Å². The van der Waals surface area contributed by atoms with Crippen LogP contribution in [0.1, 0.15) is 72.0 Å². The van der Waals surface area contributed by atoms with Crippen molar-refractivity contribution in [3.8, 4) is 5.75 Å². The first-order valence-electron chi connectivity index (χ1n) is 14.4. The summed E-state index contributed by atoms with van der Waals surface area (Å²) in [7, 11) is -4.49. The predicted octanol–water partition coefficient (Wildman–Crippen LogP) is 6.08. The highest BCUT2D eigenvalue weighted by Gasteiger charge is 2.36. The van der Waals surface area contributed by atoms with Gasteiger partial charge in [-0.05, 0) is 48.9 Å². The van der Waals surface area contributed by atoms with Gasteiger partial charge in [0.15, 0.2) is 28.2 Å². The van der Waals surface area contributed by atoms with Gasteiger partial charge in [0.2, 0.25) is 15.9 Å². The SMILES string of the molecule is CC(=O)Oc1cc(N(Cc2ccc(C3CCCCC3)cc2)C(=O)CN(C)S(=O)(=O)c2c(F)c(F)c(C)c(F)c2F)ccc1C(=O)O. The number of likely N-dealkylation sites (N-methyl/N-ethyl adjacent to an activating group) is 1. The lowest BCUT2D eigenvalue weighted by molar-refractivity contribution is -0.131. The van der Waals surface area contributed by atoms with Crippen molar-refractivity contribution in [1.29, 1.82) is 0 Å². The van der Waals surface area contributed by atoms with E-state index in [-0.39, 0.29) is 16.5 Å². The molecule has 0 bridgehead atoms. The van der Waals surface area contributed by atoms with Crippen molar-refractivity contribution in [1.82, 2.24) is 4.31 Å². The molecule has 0 radical (unpaired) electrons. The number of esters is 1. The van der Waals surface area contributed by atoms with E-state index in [1.807, 2.05) is 12.1 Å². The molecule has 46 heavy (non-hydrogen) atoms. The molecule has 1 amide bonds. The van der Waals surface area contributed by atoms with Crippen LogP contribution < -0.4 is 9.64 Å². The Bertz CT molecular complexity index is 1750. The fourth-order valence-electron chi connectivity index (χ4n) is 5.40. The number of ether oxygens (including phenoxy) is 1. The Hall–Kier alpha value is -4.30. The number of carboxylic acid groups (broad SMARTS) is 1. The molecule has 4 rings (SSSR count). The number of carboxylic acids is 1. The molecular formula is C32H32F4N2O7S. The number of aromatic carboxylic acids is 1. The fourth-order valence-corrected chi connectivity index (χ4v) is 6.62. The maximum absolute atomic E-state index is 14.7. The zero-order valence-corrected chi connectivity index (χ0v) is 26.1. The molecule has 0 atom stereocenters. The Morgan fingerprint density at radius 2 is 1.50 bits per heavy atom. The largest absolute Gasteiger partial charge is 0.478 e. The lowest BCUT2D eigenvalue weighted by atomic mass is 9.84. The number of anilines is 1. The Balaban J connectivity index is 1.71. The van der Waals surface area contributed by atoms with Crippen LogP contribution in [0, 0.1) is 30.2 Å². The van der Waals surface area contributed by atoms with Crippen molar-refractivity contribution in [2.24, 2.45) is 0 Å². The molecule has 9 nitrogen and oxygen atoms in total. The second-order valence-electron chi connectivity index (χ2n) is 11.1. The van der Waals surface area contributed by atoms with E-state index >= 15 is 0 Å². The number of benzene rings is 3. The highest BCUT2D eigenvalue weighted by atomic mass is 32.2. The second kappa shape index (κ2) is 14.0. The number of hydrogen-bond donors (Lipinski definition) is 1. The van der Waals surface area contributed by atoms with Crippen molar-refractivity contribution in [2.75, 3.05) is 18.5 Å². The summed E-state index contributed by atoms with van der Waals surface area (Å²) in [5.74, 6) is -11.3. The summed E-state index contributed by atoms with van der Waals surface area (Å²) in [6.07, 6.45) is 5.53. The van der Waals surface area contributed by atoms with Crippen LogP contribution in [0.2, 0.25) is 0 Å². The molecule has 1 fully saturated rings. The zero-order valence-electron chi connectivity index (χ0n) is 25.3. The molecule has 0 heterocycles. The van der Waals surface area contributed by atoms with Gasteiger partial charge in [-0.15, -0.1) is 0 Å². The topological polar surface area (TPSA) is 121 Å². The second-order valence-corrected chi connectivity index (χ2v) is 13.1. The van der Waals surface area contributed by atoms with Gasteiger partial charge in [-0.1, -0.05) is 43.5 Å². The lowest BCUT2D eigenvalue weighted by Gasteiger charge is -2.27. The molecule has 14 heteroatoms. The minimum absolute atomic E-state index is 0.00168. The van der Waals surface area contributed by atoms with Gasteiger partial charge >= 0.3 is 11.9 Å². The average Bonchev–Trinajstić information content (AvgIpc) is 3.01. The van der Waals surface area contributed by atoms with Crippen molar-refractivity contribution >= 4 is 33.6 Å². The minimum atomic E-state index is -5.30. The molecule has 0 unspecified atom stereocenters. The fraction of sp³-hybridized carbons (Fsp3) is 0.344. The van der Waals surface area contributed by atoms with E-state index in [0.29, 0.717) is 11.5 Å². The van der Waals surface area contributed by atoms with Crippen LogP contribution in [0.5, 0.6) is 5.75 Å². The monoisotopic (exact) mass is 664 g/mol. The number of hydrogen-bond acceptors (Lipinski definition) is 6. The van der Waals surface area contributed by atoms with Gasteiger partial charge in [0.25, 0.3) is 0 Å². The van der Waals surface area contributed by atoms with E-state index < -0.39 is 79.5 Å². The summed E-state index contributed by atoms with van der Waals surface area (Å²) in [5, 5.41) is 9.54. The third kappa shape index (κ3) is 7.23. The Kier molecular flexibility index (Phi) is 10.5. The number of carbonyl (C=O) groups excluding carboxylic acids is 2. The highest BCUT2D eigenvalue weighted by molar-refractivity contribution is 7.89. The molecule has 1 aliphatic carbocycles. The highest BCUT2D eigenvalue weighted by Crippen LogP contribution is 2.34. The first-order valence-corrected chi connectivity index (χ1v) is 15.8. The zero-order chi connectivity index (χ0) is 33.9.